The van der Waals surface area contributed by atoms with Crippen LogP contribution in [0.1, 0.15) is 40.0 Å². The topological polar surface area (TPSA) is 127 Å². The molecule has 0 unspecified atom stereocenters. The van der Waals surface area contributed by atoms with Crippen molar-refractivity contribution in [2.24, 2.45) is 5.92 Å². The highest BCUT2D eigenvalue weighted by atomic mass is 16.6. The number of methoxy groups -OCH3 is 1. The van der Waals surface area contributed by atoms with Crippen molar-refractivity contribution in [1.82, 2.24) is 9.80 Å². The summed E-state index contributed by atoms with van der Waals surface area (Å²) in [5.74, 6) is -2.16. The van der Waals surface area contributed by atoms with Crippen LogP contribution in [0.15, 0.2) is 18.2 Å². The van der Waals surface area contributed by atoms with Crippen molar-refractivity contribution in [3.8, 4) is 0 Å². The molecule has 28 heavy (non-hydrogen) atoms. The summed E-state index contributed by atoms with van der Waals surface area (Å²) in [6, 6.07) is 3.88. The van der Waals surface area contributed by atoms with Crippen LogP contribution in [0.4, 0.5) is 5.69 Å². The number of nitro groups is 1. The Hall–Kier alpha value is -3.30. The van der Waals surface area contributed by atoms with Gasteiger partial charge in [-0.3, -0.25) is 34.2 Å². The summed E-state index contributed by atoms with van der Waals surface area (Å²) in [4.78, 5) is 61.8. The molecule has 1 saturated heterocycles. The number of carbonyl (C=O) groups excluding carboxylic acids is 4. The highest BCUT2D eigenvalue weighted by molar-refractivity contribution is 6.23. The van der Waals surface area contributed by atoms with Crippen molar-refractivity contribution in [3.05, 3.63) is 39.4 Å². The van der Waals surface area contributed by atoms with Gasteiger partial charge in [0.15, 0.2) is 0 Å². The second-order valence-electron chi connectivity index (χ2n) is 6.65. The summed E-state index contributed by atoms with van der Waals surface area (Å²) in [5, 5.41) is 11.1. The number of nitro benzene ring substituents is 1. The Morgan fingerprint density at radius 1 is 1.21 bits per heavy atom. The molecule has 1 aromatic rings. The van der Waals surface area contributed by atoms with Gasteiger partial charge in [-0.2, -0.15) is 0 Å². The molecule has 10 nitrogen and oxygen atoms in total. The summed E-state index contributed by atoms with van der Waals surface area (Å²) >= 11 is 0. The van der Waals surface area contributed by atoms with Gasteiger partial charge in [0, 0.05) is 32.1 Å². The molecule has 0 saturated carbocycles. The predicted molar refractivity (Wildman–Crippen MR) is 94.4 cm³/mol. The smallest absolute Gasteiger partial charge is 0.308 e. The molecule has 0 bridgehead atoms. The van der Waals surface area contributed by atoms with E-state index in [0.29, 0.717) is 25.9 Å². The van der Waals surface area contributed by atoms with Gasteiger partial charge in [-0.25, -0.2) is 0 Å². The highest BCUT2D eigenvalue weighted by Crippen LogP contribution is 2.30. The fraction of sp³-hybridized carbons (Fsp3) is 0.444. The van der Waals surface area contributed by atoms with Crippen LogP contribution in [0.25, 0.3) is 0 Å². The van der Waals surface area contributed by atoms with Crippen LogP contribution in [0.5, 0.6) is 0 Å². The molecule has 148 valence electrons. The van der Waals surface area contributed by atoms with E-state index in [4.69, 9.17) is 4.74 Å². The fourth-order valence-electron chi connectivity index (χ4n) is 3.57. The molecule has 3 rings (SSSR count). The summed E-state index contributed by atoms with van der Waals surface area (Å²) in [6.07, 6.45) is 0.914. The Labute approximate surface area is 160 Å². The van der Waals surface area contributed by atoms with E-state index in [-0.39, 0.29) is 41.9 Å². The van der Waals surface area contributed by atoms with Gasteiger partial charge in [0.2, 0.25) is 5.91 Å². The quantitative estimate of drug-likeness (QED) is 0.318. The zero-order valence-corrected chi connectivity index (χ0v) is 15.3. The minimum Gasteiger partial charge on any atom is -0.469 e. The van der Waals surface area contributed by atoms with Crippen molar-refractivity contribution in [2.45, 2.75) is 19.3 Å². The third-order valence-electron chi connectivity index (χ3n) is 5.11. The second-order valence-corrected chi connectivity index (χ2v) is 6.65. The normalized spacial score (nSPS) is 16.9. The molecule has 3 amide bonds. The molecule has 0 spiro atoms. The summed E-state index contributed by atoms with van der Waals surface area (Å²) in [7, 11) is 1.33. The molecular weight excluding hydrogens is 370 g/mol. The van der Waals surface area contributed by atoms with Gasteiger partial charge < -0.3 is 9.64 Å². The Morgan fingerprint density at radius 2 is 1.89 bits per heavy atom. The maximum atomic E-state index is 12.5. The second kappa shape index (κ2) is 7.75. The first-order chi connectivity index (χ1) is 13.3. The van der Waals surface area contributed by atoms with Gasteiger partial charge in [0.1, 0.15) is 5.56 Å². The number of carbonyl (C=O) groups is 4. The van der Waals surface area contributed by atoms with Crippen molar-refractivity contribution < 1.29 is 28.8 Å². The monoisotopic (exact) mass is 389 g/mol. The first-order valence-corrected chi connectivity index (χ1v) is 8.84. The maximum absolute atomic E-state index is 12.5. The summed E-state index contributed by atoms with van der Waals surface area (Å²) in [6.45, 7) is 0.637. The fourth-order valence-corrected chi connectivity index (χ4v) is 3.57. The first-order valence-electron chi connectivity index (χ1n) is 8.84. The van der Waals surface area contributed by atoms with E-state index >= 15 is 0 Å². The molecule has 2 aliphatic rings. The first kappa shape index (κ1) is 19.5. The Balaban J connectivity index is 1.61. The van der Waals surface area contributed by atoms with Crippen LogP contribution in [-0.2, 0) is 14.3 Å². The molecule has 0 aliphatic carbocycles. The van der Waals surface area contributed by atoms with Crippen molar-refractivity contribution in [1.29, 1.82) is 0 Å². The number of amides is 3. The van der Waals surface area contributed by atoms with Crippen molar-refractivity contribution in [2.75, 3.05) is 26.7 Å². The van der Waals surface area contributed by atoms with Crippen LogP contribution in [0.2, 0.25) is 0 Å². The van der Waals surface area contributed by atoms with Gasteiger partial charge in [-0.15, -0.1) is 0 Å². The largest absolute Gasteiger partial charge is 0.469 e. The lowest BCUT2D eigenvalue weighted by Crippen LogP contribution is -2.42. The average molecular weight is 389 g/mol. The molecule has 0 aromatic heterocycles. The number of fused-ring (bicyclic) bond motifs is 1. The van der Waals surface area contributed by atoms with E-state index in [0.717, 1.165) is 4.90 Å². The van der Waals surface area contributed by atoms with Crippen molar-refractivity contribution in [3.63, 3.8) is 0 Å². The Kier molecular flexibility index (Phi) is 5.39. The third-order valence-corrected chi connectivity index (χ3v) is 5.11. The van der Waals surface area contributed by atoms with E-state index in [1.807, 2.05) is 0 Å². The van der Waals surface area contributed by atoms with Crippen molar-refractivity contribution >= 4 is 29.4 Å². The molecule has 1 aromatic carbocycles. The number of hydrogen-bond acceptors (Lipinski definition) is 7. The number of hydrogen-bond donors (Lipinski definition) is 0. The molecular formula is C18H19N3O7. The van der Waals surface area contributed by atoms with Gasteiger partial charge in [-0.05, 0) is 18.9 Å². The zero-order valence-electron chi connectivity index (χ0n) is 15.3. The van der Waals surface area contributed by atoms with E-state index < -0.39 is 22.4 Å². The lowest BCUT2D eigenvalue weighted by Gasteiger charge is -2.31. The number of benzene rings is 1. The minimum absolute atomic E-state index is 0.0226. The third kappa shape index (κ3) is 3.45. The van der Waals surface area contributed by atoms with Gasteiger partial charge in [-0.1, -0.05) is 6.07 Å². The van der Waals surface area contributed by atoms with Crippen LogP contribution in [-0.4, -0.2) is 65.2 Å². The Morgan fingerprint density at radius 3 is 2.50 bits per heavy atom. The van der Waals surface area contributed by atoms with E-state index in [1.165, 1.54) is 25.3 Å². The zero-order chi connectivity index (χ0) is 20.4. The average Bonchev–Trinajstić information content (AvgIpc) is 2.95. The van der Waals surface area contributed by atoms with Gasteiger partial charge >= 0.3 is 5.97 Å². The molecule has 1 fully saturated rings. The van der Waals surface area contributed by atoms with Crippen LogP contribution in [0, 0.1) is 16.0 Å². The molecule has 2 aliphatic heterocycles. The number of nitrogens with zero attached hydrogens (tertiary/aromatic N) is 3. The van der Waals surface area contributed by atoms with E-state index in [1.54, 1.807) is 4.90 Å². The Bertz CT molecular complexity index is 859. The highest BCUT2D eigenvalue weighted by Gasteiger charge is 2.41. The molecule has 0 atom stereocenters. The number of ether oxygens (including phenoxy) is 1. The maximum Gasteiger partial charge on any atom is 0.308 e. The molecule has 0 radical (unpaired) electrons. The van der Waals surface area contributed by atoms with E-state index in [2.05, 4.69) is 0 Å². The van der Waals surface area contributed by atoms with Crippen LogP contribution >= 0.6 is 0 Å². The van der Waals surface area contributed by atoms with Crippen LogP contribution in [0.3, 0.4) is 0 Å². The van der Waals surface area contributed by atoms with Gasteiger partial charge in [0.05, 0.1) is 23.5 Å². The van der Waals surface area contributed by atoms with E-state index in [9.17, 15) is 29.3 Å². The number of esters is 1. The predicted octanol–water partition coefficient (Wildman–Crippen LogP) is 0.992. The lowest BCUT2D eigenvalue weighted by molar-refractivity contribution is -0.385. The van der Waals surface area contributed by atoms with Gasteiger partial charge in [0.25, 0.3) is 17.5 Å². The number of rotatable bonds is 5. The number of likely N-dealkylation sites (tertiary alicyclic amines) is 1. The lowest BCUT2D eigenvalue weighted by atomic mass is 9.97. The number of piperidine rings is 1. The summed E-state index contributed by atoms with van der Waals surface area (Å²) in [5.41, 5.74) is -0.677. The standard InChI is InChI=1S/C18H19N3O7/c1-28-18(25)11-5-8-19(9-6-11)14(22)7-10-20-16(23)12-3-2-4-13(21(26)27)15(12)17(20)24/h2-4,11H,5-10H2,1H3. The SMILES string of the molecule is COC(=O)C1CCN(C(=O)CCN2C(=O)c3cccc([N+](=O)[O-])c3C2=O)CC1. The summed E-state index contributed by atoms with van der Waals surface area (Å²) < 4.78 is 4.71. The molecule has 10 heteroatoms. The number of imide groups is 1. The van der Waals surface area contributed by atoms with Crippen LogP contribution < -0.4 is 0 Å². The minimum atomic E-state index is -0.760. The molecule has 0 N–H and O–H groups in total. The molecule has 2 heterocycles.